The minimum atomic E-state index is -4.04. The van der Waals surface area contributed by atoms with Crippen LogP contribution in [0.4, 0.5) is 4.39 Å². The Morgan fingerprint density at radius 3 is 2.34 bits per heavy atom. The molecule has 0 aliphatic heterocycles. The molecule has 1 heterocycles. The molecule has 0 fully saturated rings. The van der Waals surface area contributed by atoms with Crippen molar-refractivity contribution in [3.8, 4) is 11.5 Å². The van der Waals surface area contributed by atoms with Crippen molar-refractivity contribution >= 4 is 27.3 Å². The number of nitrogens with zero attached hydrogens (tertiary/aromatic N) is 2. The Labute approximate surface area is 227 Å². The quantitative estimate of drug-likeness (QED) is 0.257. The monoisotopic (exact) mass is 564 g/mol. The van der Waals surface area contributed by atoms with E-state index in [1.165, 1.54) is 30.6 Å². The molecule has 1 amide bonds. The lowest BCUT2D eigenvalue weighted by Gasteiger charge is -2.27. The van der Waals surface area contributed by atoms with Crippen molar-refractivity contribution in [2.75, 3.05) is 47.6 Å². The van der Waals surface area contributed by atoms with Gasteiger partial charge in [-0.2, -0.15) is 4.31 Å². The molecule has 1 aromatic heterocycles. The zero-order valence-corrected chi connectivity index (χ0v) is 23.4. The number of carbonyl (C=O) groups excluding carboxylic acids is 1. The molecule has 2 aromatic carbocycles. The molecule has 0 radical (unpaired) electrons. The van der Waals surface area contributed by atoms with Crippen molar-refractivity contribution < 1.29 is 31.8 Å². The fourth-order valence-corrected chi connectivity index (χ4v) is 6.01. The molecule has 0 bridgehead atoms. The number of methoxy groups -OCH3 is 3. The van der Waals surface area contributed by atoms with E-state index in [1.54, 1.807) is 19.1 Å². The first kappa shape index (κ1) is 29.6. The van der Waals surface area contributed by atoms with Gasteiger partial charge in [-0.25, -0.2) is 12.8 Å². The van der Waals surface area contributed by atoms with Crippen molar-refractivity contribution in [3.63, 3.8) is 0 Å². The normalized spacial score (nSPS) is 11.5. The van der Waals surface area contributed by atoms with Gasteiger partial charge < -0.3 is 19.1 Å². The summed E-state index contributed by atoms with van der Waals surface area (Å²) >= 11 is 1.53. The van der Waals surface area contributed by atoms with Gasteiger partial charge in [-0.05, 0) is 66.2 Å². The van der Waals surface area contributed by atoms with Gasteiger partial charge in [0.05, 0.1) is 32.2 Å². The van der Waals surface area contributed by atoms with E-state index < -0.39 is 15.8 Å². The van der Waals surface area contributed by atoms with Gasteiger partial charge in [0.25, 0.3) is 0 Å². The highest BCUT2D eigenvalue weighted by Gasteiger charge is 2.28. The third-order valence-corrected chi connectivity index (χ3v) is 8.64. The Hall–Kier alpha value is -2.99. The van der Waals surface area contributed by atoms with E-state index in [4.69, 9.17) is 14.2 Å². The van der Waals surface area contributed by atoms with Gasteiger partial charge in [-0.3, -0.25) is 4.79 Å². The number of rotatable bonds is 15. The standard InChI is InChI=1S/C27H33FN2O6S2/c1-34-16-5-14-30(38(32,33)24-10-8-22(28)9-11-24)20-27(31)29(19-23-6-4-17-37-23)15-13-21-7-12-25(35-2)26(18-21)36-3/h4,6-12,17-18H,5,13-16,19-20H2,1-3H3. The molecule has 0 saturated carbocycles. The van der Waals surface area contributed by atoms with E-state index >= 15 is 0 Å². The van der Waals surface area contributed by atoms with E-state index in [2.05, 4.69) is 0 Å². The Balaban J connectivity index is 1.82. The maximum absolute atomic E-state index is 13.6. The van der Waals surface area contributed by atoms with E-state index in [-0.39, 0.29) is 23.9 Å². The molecule has 0 unspecified atom stereocenters. The second-order valence-corrected chi connectivity index (χ2v) is 11.4. The van der Waals surface area contributed by atoms with Crippen molar-refractivity contribution in [2.24, 2.45) is 0 Å². The predicted octanol–water partition coefficient (Wildman–Crippen LogP) is 4.20. The fourth-order valence-electron chi connectivity index (χ4n) is 3.86. The zero-order valence-electron chi connectivity index (χ0n) is 21.8. The van der Waals surface area contributed by atoms with Crippen LogP contribution in [0.15, 0.2) is 64.9 Å². The Bertz CT molecular complexity index is 1270. The summed E-state index contributed by atoms with van der Waals surface area (Å²) in [6.45, 7) is 0.797. The van der Waals surface area contributed by atoms with Gasteiger partial charge in [0, 0.05) is 31.7 Å². The highest BCUT2D eigenvalue weighted by atomic mass is 32.2. The number of ether oxygens (including phenoxy) is 3. The van der Waals surface area contributed by atoms with Crippen LogP contribution < -0.4 is 9.47 Å². The predicted molar refractivity (Wildman–Crippen MR) is 145 cm³/mol. The third-order valence-electron chi connectivity index (χ3n) is 5.92. The molecule has 206 valence electrons. The summed E-state index contributed by atoms with van der Waals surface area (Å²) in [7, 11) is 0.622. The van der Waals surface area contributed by atoms with Crippen LogP contribution in [0.1, 0.15) is 16.9 Å². The summed E-state index contributed by atoms with van der Waals surface area (Å²) in [6.07, 6.45) is 0.937. The van der Waals surface area contributed by atoms with Crippen LogP contribution in [0.2, 0.25) is 0 Å². The van der Waals surface area contributed by atoms with Gasteiger partial charge in [-0.1, -0.05) is 12.1 Å². The Morgan fingerprint density at radius 2 is 1.71 bits per heavy atom. The number of hydrogen-bond acceptors (Lipinski definition) is 7. The van der Waals surface area contributed by atoms with E-state index in [0.29, 0.717) is 44.0 Å². The van der Waals surface area contributed by atoms with Crippen molar-refractivity contribution in [1.82, 2.24) is 9.21 Å². The summed E-state index contributed by atoms with van der Waals surface area (Å²) in [5.74, 6) is 0.335. The van der Waals surface area contributed by atoms with Gasteiger partial charge in [-0.15, -0.1) is 11.3 Å². The smallest absolute Gasteiger partial charge is 0.243 e. The van der Waals surface area contributed by atoms with Crippen molar-refractivity contribution in [1.29, 1.82) is 0 Å². The average molecular weight is 565 g/mol. The molecule has 3 rings (SSSR count). The summed E-state index contributed by atoms with van der Waals surface area (Å²) < 4.78 is 57.1. The van der Waals surface area contributed by atoms with Crippen LogP contribution >= 0.6 is 11.3 Å². The second-order valence-electron chi connectivity index (χ2n) is 8.47. The lowest BCUT2D eigenvalue weighted by molar-refractivity contribution is -0.132. The highest BCUT2D eigenvalue weighted by molar-refractivity contribution is 7.89. The van der Waals surface area contributed by atoms with E-state index in [9.17, 15) is 17.6 Å². The molecule has 38 heavy (non-hydrogen) atoms. The molecule has 0 aliphatic carbocycles. The van der Waals surface area contributed by atoms with Crippen molar-refractivity contribution in [2.45, 2.75) is 24.3 Å². The lowest BCUT2D eigenvalue weighted by atomic mass is 10.1. The Morgan fingerprint density at radius 1 is 0.974 bits per heavy atom. The third kappa shape index (κ3) is 8.00. The first-order chi connectivity index (χ1) is 18.3. The number of sulfonamides is 1. The van der Waals surface area contributed by atoms with E-state index in [1.807, 2.05) is 35.7 Å². The average Bonchev–Trinajstić information content (AvgIpc) is 3.43. The maximum Gasteiger partial charge on any atom is 0.243 e. The lowest BCUT2D eigenvalue weighted by Crippen LogP contribution is -2.43. The number of halogens is 1. The molecule has 0 N–H and O–H groups in total. The number of carbonyl (C=O) groups is 1. The molecule has 0 aliphatic rings. The minimum Gasteiger partial charge on any atom is -0.493 e. The molecule has 11 heteroatoms. The molecule has 0 saturated heterocycles. The number of thiophene rings is 1. The van der Waals surface area contributed by atoms with Crippen LogP contribution in [0, 0.1) is 5.82 Å². The molecule has 3 aromatic rings. The molecular formula is C27H33FN2O6S2. The maximum atomic E-state index is 13.6. The van der Waals surface area contributed by atoms with Crippen LogP contribution in [0.3, 0.4) is 0 Å². The molecular weight excluding hydrogens is 531 g/mol. The summed E-state index contributed by atoms with van der Waals surface area (Å²) in [6, 6.07) is 14.0. The van der Waals surface area contributed by atoms with Gasteiger partial charge in [0.1, 0.15) is 5.82 Å². The largest absolute Gasteiger partial charge is 0.493 e. The number of amides is 1. The minimum absolute atomic E-state index is 0.0701. The summed E-state index contributed by atoms with van der Waals surface area (Å²) in [5, 5.41) is 1.93. The molecule has 0 atom stereocenters. The van der Waals surface area contributed by atoms with Crippen LogP contribution in [0.5, 0.6) is 11.5 Å². The number of hydrogen-bond donors (Lipinski definition) is 0. The SMILES string of the molecule is COCCCN(CC(=O)N(CCc1ccc(OC)c(OC)c1)Cc1cccs1)S(=O)(=O)c1ccc(F)cc1. The van der Waals surface area contributed by atoms with Gasteiger partial charge in [0.2, 0.25) is 15.9 Å². The van der Waals surface area contributed by atoms with E-state index in [0.717, 1.165) is 26.9 Å². The van der Waals surface area contributed by atoms with Crippen LogP contribution in [0.25, 0.3) is 0 Å². The highest BCUT2D eigenvalue weighted by Crippen LogP contribution is 2.28. The first-order valence-electron chi connectivity index (χ1n) is 12.0. The van der Waals surface area contributed by atoms with Crippen LogP contribution in [-0.4, -0.2) is 71.1 Å². The Kier molecular flexibility index (Phi) is 11.1. The summed E-state index contributed by atoms with van der Waals surface area (Å²) in [4.78, 5) is 16.2. The zero-order chi connectivity index (χ0) is 27.5. The molecule has 0 spiro atoms. The second kappa shape index (κ2) is 14.2. The van der Waals surface area contributed by atoms with Crippen LogP contribution in [-0.2, 0) is 32.5 Å². The fraction of sp³-hybridized carbons (Fsp3) is 0.370. The summed E-state index contributed by atoms with van der Waals surface area (Å²) in [5.41, 5.74) is 0.947. The van der Waals surface area contributed by atoms with Gasteiger partial charge in [0.15, 0.2) is 11.5 Å². The topological polar surface area (TPSA) is 85.4 Å². The van der Waals surface area contributed by atoms with Crippen molar-refractivity contribution in [3.05, 3.63) is 76.2 Å². The van der Waals surface area contributed by atoms with Gasteiger partial charge >= 0.3 is 0 Å². The number of benzene rings is 2. The first-order valence-corrected chi connectivity index (χ1v) is 14.4. The molecule has 8 nitrogen and oxygen atoms in total.